The van der Waals surface area contributed by atoms with E-state index in [4.69, 9.17) is 0 Å². The number of unbranched alkanes of at least 4 members (excludes halogenated alkanes) is 4. The summed E-state index contributed by atoms with van der Waals surface area (Å²) < 4.78 is 236. The first kappa shape index (κ1) is 46.4. The Hall–Kier alpha value is -3.74. The minimum absolute atomic E-state index is 0.464. The molecule has 0 fully saturated rings. The molecule has 0 unspecified atom stereocenters. The van der Waals surface area contributed by atoms with E-state index in [0.29, 0.717) is 36.8 Å². The maximum Gasteiger partial charge on any atom is 0.385 e. The number of hydrogen-bond donors (Lipinski definition) is 0. The van der Waals surface area contributed by atoms with Crippen molar-refractivity contribution in [1.82, 2.24) is 0 Å². The van der Waals surface area contributed by atoms with E-state index in [1.165, 1.54) is 24.3 Å². The third-order valence-electron chi connectivity index (χ3n) is 8.18. The highest BCUT2D eigenvalue weighted by Gasteiger charge is 2.95. The Kier molecular flexibility index (Phi) is 14.6. The zero-order valence-electron chi connectivity index (χ0n) is 28.4. The van der Waals surface area contributed by atoms with Gasteiger partial charge in [-0.15, -0.1) is 0 Å². The fraction of sp³-hybridized carbons (Fsp3) is 0.588. The average Bonchev–Trinajstić information content (AvgIpc) is 3.09. The fourth-order valence-electron chi connectivity index (χ4n) is 4.68. The van der Waals surface area contributed by atoms with Gasteiger partial charge in [0.15, 0.2) is 13.2 Å². The van der Waals surface area contributed by atoms with Gasteiger partial charge in [0.1, 0.15) is 0 Å². The Labute approximate surface area is 298 Å². The van der Waals surface area contributed by atoms with Crippen molar-refractivity contribution in [1.29, 1.82) is 0 Å². The summed E-state index contributed by atoms with van der Waals surface area (Å²) in [6.07, 6.45) is 5.52. The Morgan fingerprint density at radius 2 is 0.685 bits per heavy atom. The van der Waals surface area contributed by atoms with E-state index in [2.05, 4.69) is 9.47 Å². The average molecular weight is 811 g/mol. The van der Waals surface area contributed by atoms with Crippen molar-refractivity contribution in [3.8, 4) is 0 Å². The van der Waals surface area contributed by atoms with Crippen LogP contribution in [0.15, 0.2) is 48.5 Å². The first-order chi connectivity index (χ1) is 24.6. The summed E-state index contributed by atoms with van der Waals surface area (Å²) in [5.41, 5.74) is -0.193. The number of rotatable bonds is 21. The van der Waals surface area contributed by atoms with Crippen LogP contribution in [0.4, 0.5) is 70.2 Å². The first-order valence-electron chi connectivity index (χ1n) is 16.1. The van der Waals surface area contributed by atoms with Crippen molar-refractivity contribution < 1.29 is 89.3 Å². The number of ether oxygens (including phenoxy) is 2. The maximum atomic E-state index is 14.3. The molecule has 2 aromatic rings. The number of aryl methyl sites for hydroxylation is 2. The lowest BCUT2D eigenvalue weighted by Gasteiger charge is -2.43. The highest BCUT2D eigenvalue weighted by molar-refractivity contribution is 5.90. The summed E-state index contributed by atoms with van der Waals surface area (Å²) in [6, 6.07) is 8.56. The van der Waals surface area contributed by atoms with Crippen LogP contribution in [0.1, 0.15) is 84.2 Å². The van der Waals surface area contributed by atoms with Crippen molar-refractivity contribution >= 4 is 11.9 Å². The molecule has 0 saturated carbocycles. The van der Waals surface area contributed by atoms with Gasteiger partial charge < -0.3 is 9.47 Å². The monoisotopic (exact) mass is 810 g/mol. The minimum atomic E-state index is -8.66. The van der Waals surface area contributed by atoms with E-state index < -0.39 is 83.7 Å². The molecule has 0 spiro atoms. The van der Waals surface area contributed by atoms with Crippen LogP contribution in [0.2, 0.25) is 0 Å². The number of esters is 2. The molecule has 306 valence electrons. The van der Waals surface area contributed by atoms with Gasteiger partial charge in [-0.05, 0) is 61.1 Å². The predicted octanol–water partition coefficient (Wildman–Crippen LogP) is 11.2. The largest absolute Gasteiger partial charge is 0.455 e. The molecule has 0 aliphatic carbocycles. The van der Waals surface area contributed by atoms with Crippen LogP contribution in [0, 0.1) is 0 Å². The van der Waals surface area contributed by atoms with Crippen molar-refractivity contribution in [3.05, 3.63) is 70.8 Å². The lowest BCUT2D eigenvalue weighted by Crippen LogP contribution is -2.75. The predicted molar refractivity (Wildman–Crippen MR) is 159 cm³/mol. The molecule has 0 N–H and O–H groups in total. The quantitative estimate of drug-likeness (QED) is 0.0716. The van der Waals surface area contributed by atoms with Gasteiger partial charge in [-0.3, -0.25) is 0 Å². The highest BCUT2D eigenvalue weighted by Crippen LogP contribution is 2.63. The highest BCUT2D eigenvalue weighted by atomic mass is 19.4. The number of halogens is 16. The Morgan fingerprint density at radius 1 is 0.426 bits per heavy atom. The van der Waals surface area contributed by atoms with Crippen LogP contribution >= 0.6 is 0 Å². The van der Waals surface area contributed by atoms with E-state index in [0.717, 1.165) is 49.9 Å². The second-order valence-electron chi connectivity index (χ2n) is 12.3. The van der Waals surface area contributed by atoms with E-state index in [9.17, 15) is 79.8 Å². The molecule has 0 radical (unpaired) electrons. The summed E-state index contributed by atoms with van der Waals surface area (Å²) in [7, 11) is 0. The molecule has 0 heterocycles. The summed E-state index contributed by atoms with van der Waals surface area (Å²) in [4.78, 5) is 24.0. The second kappa shape index (κ2) is 17.0. The summed E-state index contributed by atoms with van der Waals surface area (Å²) in [5, 5.41) is 0. The maximum absolute atomic E-state index is 14.3. The number of hydrogen-bond acceptors (Lipinski definition) is 4. The van der Waals surface area contributed by atoms with Crippen molar-refractivity contribution in [2.45, 2.75) is 113 Å². The van der Waals surface area contributed by atoms with Crippen LogP contribution in [0.3, 0.4) is 0 Å². The van der Waals surface area contributed by atoms with Crippen molar-refractivity contribution in [3.63, 3.8) is 0 Å². The van der Waals surface area contributed by atoms with Gasteiger partial charge in [-0.2, -0.15) is 70.2 Å². The molecule has 0 atom stereocenters. The van der Waals surface area contributed by atoms with Crippen LogP contribution in [0.25, 0.3) is 0 Å². The third-order valence-corrected chi connectivity index (χ3v) is 8.18. The molecule has 4 nitrogen and oxygen atoms in total. The minimum Gasteiger partial charge on any atom is -0.455 e. The van der Waals surface area contributed by atoms with Gasteiger partial charge in [0.25, 0.3) is 0 Å². The Balaban J connectivity index is 2.27. The first-order valence-corrected chi connectivity index (χ1v) is 16.1. The van der Waals surface area contributed by atoms with Crippen LogP contribution in [-0.4, -0.2) is 72.5 Å². The lowest BCUT2D eigenvalue weighted by molar-refractivity contribution is -0.454. The van der Waals surface area contributed by atoms with E-state index >= 15 is 0 Å². The van der Waals surface area contributed by atoms with Crippen molar-refractivity contribution in [2.24, 2.45) is 0 Å². The zero-order valence-corrected chi connectivity index (χ0v) is 28.4. The molecule has 0 aliphatic rings. The molecule has 0 aliphatic heterocycles. The van der Waals surface area contributed by atoms with Gasteiger partial charge in [-0.1, -0.05) is 63.8 Å². The Morgan fingerprint density at radius 3 is 0.944 bits per heavy atom. The van der Waals surface area contributed by atoms with Gasteiger partial charge >= 0.3 is 59.3 Å². The summed E-state index contributed by atoms with van der Waals surface area (Å²) >= 11 is 0. The van der Waals surface area contributed by atoms with E-state index in [1.807, 2.05) is 13.8 Å². The molecule has 2 rings (SSSR count). The molecule has 54 heavy (non-hydrogen) atoms. The fourth-order valence-corrected chi connectivity index (χ4v) is 4.68. The van der Waals surface area contributed by atoms with Crippen molar-refractivity contribution in [2.75, 3.05) is 13.2 Å². The van der Waals surface area contributed by atoms with Crippen LogP contribution in [0.5, 0.6) is 0 Å². The molecule has 0 bridgehead atoms. The lowest BCUT2D eigenvalue weighted by atomic mass is 9.88. The molecular formula is C34H34F16O4. The topological polar surface area (TPSA) is 52.6 Å². The van der Waals surface area contributed by atoms with E-state index in [-0.39, 0.29) is 0 Å². The molecule has 0 aromatic heterocycles. The number of carbonyl (C=O) groups excluding carboxylic acids is 2. The SMILES string of the molecule is CCCCCc1ccc(C(=O)OCC(F)(F)C(F)(F)C(F)(F)C(F)(F)C(F)(F)C(F)(F)C(F)(F)C(F)(F)COC(=O)c2ccc(CCCCC)cc2)cc1. The molecule has 20 heteroatoms. The van der Waals surface area contributed by atoms with E-state index in [1.54, 1.807) is 0 Å². The number of carbonyl (C=O) groups is 2. The number of alkyl halides is 16. The second-order valence-corrected chi connectivity index (χ2v) is 12.3. The third kappa shape index (κ3) is 9.03. The zero-order chi connectivity index (χ0) is 41.6. The smallest absolute Gasteiger partial charge is 0.385 e. The van der Waals surface area contributed by atoms with Gasteiger partial charge in [0, 0.05) is 0 Å². The molecule has 2 aromatic carbocycles. The van der Waals surface area contributed by atoms with Gasteiger partial charge in [-0.25, -0.2) is 9.59 Å². The normalized spacial score (nSPS) is 13.9. The molecule has 0 saturated heterocycles. The summed E-state index contributed by atoms with van der Waals surface area (Å²) in [5.74, 6) is -67.6. The van der Waals surface area contributed by atoms with Gasteiger partial charge in [0.05, 0.1) is 11.1 Å². The molecule has 0 amide bonds. The van der Waals surface area contributed by atoms with Crippen LogP contribution < -0.4 is 0 Å². The Bertz CT molecular complexity index is 1430. The molecular weight excluding hydrogens is 776 g/mol. The van der Waals surface area contributed by atoms with Crippen LogP contribution in [-0.2, 0) is 22.3 Å². The van der Waals surface area contributed by atoms with Gasteiger partial charge in [0.2, 0.25) is 0 Å². The summed E-state index contributed by atoms with van der Waals surface area (Å²) in [6.45, 7) is -2.77. The number of benzene rings is 2. The standard InChI is InChI=1S/C34H34F16O4/c1-3-5-7-9-21-11-15-23(16-12-21)25(51)53-19-27(35,36)29(39,40)31(43,44)33(47,48)34(49,50)32(45,46)30(41,42)28(37,38)20-54-26(52)24-17-13-22(14-18-24)10-8-6-4-2/h11-18H,3-10,19-20H2,1-2H3.